The number of nitrogens with zero attached hydrogens (tertiary/aromatic N) is 3. The molecule has 108 valence electrons. The molecule has 0 amide bonds. The second kappa shape index (κ2) is 5.55. The lowest BCUT2D eigenvalue weighted by Gasteiger charge is -2.15. The van der Waals surface area contributed by atoms with Crippen molar-refractivity contribution < 1.29 is 23.2 Å². The summed E-state index contributed by atoms with van der Waals surface area (Å²) in [7, 11) is 0. The van der Waals surface area contributed by atoms with Crippen LogP contribution in [0.15, 0.2) is 0 Å². The van der Waals surface area contributed by atoms with E-state index in [1.165, 1.54) is 0 Å². The van der Waals surface area contributed by atoms with Gasteiger partial charge < -0.3 is 5.11 Å². The van der Waals surface area contributed by atoms with Gasteiger partial charge in [-0.1, -0.05) is 13.8 Å². The third-order valence-corrected chi connectivity index (χ3v) is 2.68. The molecule has 9 heteroatoms. The number of halogens is 3. The van der Waals surface area contributed by atoms with Gasteiger partial charge in [0, 0.05) is 0 Å². The van der Waals surface area contributed by atoms with E-state index in [-0.39, 0.29) is 29.9 Å². The standard InChI is InChI=1S/C10H14F3N3O3/c1-3-6-9(16(18)19)7(4-2)15(14-6)5-8(17)10(11,12)13/h8,17H,3-5H2,1-2H3. The Morgan fingerprint density at radius 3 is 2.37 bits per heavy atom. The number of aryl methyl sites for hydroxylation is 1. The predicted octanol–water partition coefficient (Wildman–Crippen LogP) is 1.84. The lowest BCUT2D eigenvalue weighted by atomic mass is 10.2. The molecule has 0 aromatic carbocycles. The van der Waals surface area contributed by atoms with Crippen LogP contribution in [0.3, 0.4) is 0 Å². The zero-order valence-electron chi connectivity index (χ0n) is 10.4. The van der Waals surface area contributed by atoms with Gasteiger partial charge in [0.25, 0.3) is 0 Å². The van der Waals surface area contributed by atoms with Crippen LogP contribution in [0.2, 0.25) is 0 Å². The van der Waals surface area contributed by atoms with Crippen molar-refractivity contribution in [3.63, 3.8) is 0 Å². The first-order valence-electron chi connectivity index (χ1n) is 5.70. The summed E-state index contributed by atoms with van der Waals surface area (Å²) in [6, 6.07) is 0. The van der Waals surface area contributed by atoms with Gasteiger partial charge in [0.1, 0.15) is 11.4 Å². The monoisotopic (exact) mass is 281 g/mol. The first-order chi connectivity index (χ1) is 8.72. The summed E-state index contributed by atoms with van der Waals surface area (Å²) >= 11 is 0. The van der Waals surface area contributed by atoms with E-state index in [1.54, 1.807) is 13.8 Å². The van der Waals surface area contributed by atoms with Crippen molar-refractivity contribution >= 4 is 5.69 Å². The van der Waals surface area contributed by atoms with Crippen LogP contribution in [0.1, 0.15) is 25.2 Å². The van der Waals surface area contributed by atoms with E-state index in [9.17, 15) is 23.3 Å². The van der Waals surface area contributed by atoms with Gasteiger partial charge in [-0.2, -0.15) is 18.3 Å². The molecule has 1 N–H and O–H groups in total. The van der Waals surface area contributed by atoms with E-state index < -0.39 is 23.7 Å². The lowest BCUT2D eigenvalue weighted by Crippen LogP contribution is -2.33. The van der Waals surface area contributed by atoms with Gasteiger partial charge in [0.15, 0.2) is 6.10 Å². The van der Waals surface area contributed by atoms with Gasteiger partial charge in [0.2, 0.25) is 0 Å². The fraction of sp³-hybridized carbons (Fsp3) is 0.700. The molecule has 1 aromatic rings. The molecule has 1 atom stereocenters. The molecule has 0 spiro atoms. The molecule has 0 radical (unpaired) electrons. The number of aromatic nitrogens is 2. The molecule has 0 bridgehead atoms. The highest BCUT2D eigenvalue weighted by molar-refractivity contribution is 5.41. The number of hydrogen-bond donors (Lipinski definition) is 1. The zero-order chi connectivity index (χ0) is 14.8. The van der Waals surface area contributed by atoms with E-state index in [0.29, 0.717) is 0 Å². The molecule has 0 aliphatic rings. The first-order valence-corrected chi connectivity index (χ1v) is 5.70. The SMILES string of the molecule is CCc1nn(CC(O)C(F)(F)F)c(CC)c1[N+](=O)[O-]. The van der Waals surface area contributed by atoms with Crippen molar-refractivity contribution in [3.8, 4) is 0 Å². The summed E-state index contributed by atoms with van der Waals surface area (Å²) < 4.78 is 37.8. The van der Waals surface area contributed by atoms with Gasteiger partial charge in [-0.05, 0) is 12.8 Å². The number of nitro groups is 1. The topological polar surface area (TPSA) is 81.2 Å². The van der Waals surface area contributed by atoms with Crippen LogP contribution in [0.25, 0.3) is 0 Å². The maximum absolute atomic E-state index is 12.3. The predicted molar refractivity (Wildman–Crippen MR) is 59.7 cm³/mol. The number of hydrogen-bond acceptors (Lipinski definition) is 4. The van der Waals surface area contributed by atoms with E-state index in [4.69, 9.17) is 5.11 Å². The summed E-state index contributed by atoms with van der Waals surface area (Å²) in [5, 5.41) is 23.7. The molecule has 0 fully saturated rings. The Hall–Kier alpha value is -1.64. The van der Waals surface area contributed by atoms with Gasteiger partial charge in [-0.3, -0.25) is 14.8 Å². The van der Waals surface area contributed by atoms with Gasteiger partial charge in [0.05, 0.1) is 11.5 Å². The Morgan fingerprint density at radius 2 is 2.00 bits per heavy atom. The van der Waals surface area contributed by atoms with Crippen molar-refractivity contribution in [2.24, 2.45) is 0 Å². The Kier molecular flexibility index (Phi) is 4.51. The third-order valence-electron chi connectivity index (χ3n) is 2.68. The average Bonchev–Trinajstić information content (AvgIpc) is 2.65. The van der Waals surface area contributed by atoms with Crippen LogP contribution in [0.5, 0.6) is 0 Å². The summed E-state index contributed by atoms with van der Waals surface area (Å²) in [6.45, 7) is 2.37. The Balaban J connectivity index is 3.18. The molecule has 1 aromatic heterocycles. The second-order valence-electron chi connectivity index (χ2n) is 3.95. The minimum atomic E-state index is -4.78. The van der Waals surface area contributed by atoms with Crippen LogP contribution in [-0.4, -0.2) is 32.1 Å². The van der Waals surface area contributed by atoms with E-state index in [0.717, 1.165) is 4.68 Å². The maximum Gasteiger partial charge on any atom is 0.416 e. The molecule has 1 unspecified atom stereocenters. The quantitative estimate of drug-likeness (QED) is 0.659. The minimum Gasteiger partial charge on any atom is -0.382 e. The molecule has 0 saturated heterocycles. The molecule has 6 nitrogen and oxygen atoms in total. The van der Waals surface area contributed by atoms with Gasteiger partial charge in [-0.25, -0.2) is 0 Å². The normalized spacial score (nSPS) is 13.6. The van der Waals surface area contributed by atoms with Crippen molar-refractivity contribution in [2.75, 3.05) is 0 Å². The Bertz CT molecular complexity index is 471. The van der Waals surface area contributed by atoms with Gasteiger partial charge >= 0.3 is 11.9 Å². The molecule has 0 aliphatic carbocycles. The van der Waals surface area contributed by atoms with E-state index in [1.807, 2.05) is 0 Å². The fourth-order valence-corrected chi connectivity index (χ4v) is 1.76. The number of alkyl halides is 3. The third kappa shape index (κ3) is 3.22. The first kappa shape index (κ1) is 15.4. The fourth-order valence-electron chi connectivity index (χ4n) is 1.76. The number of rotatable bonds is 5. The molecule has 0 saturated carbocycles. The van der Waals surface area contributed by atoms with E-state index >= 15 is 0 Å². The van der Waals surface area contributed by atoms with Gasteiger partial charge in [-0.15, -0.1) is 0 Å². The maximum atomic E-state index is 12.3. The largest absolute Gasteiger partial charge is 0.416 e. The van der Waals surface area contributed by atoms with Crippen LogP contribution in [0.4, 0.5) is 18.9 Å². The molecule has 1 heterocycles. The molecule has 1 rings (SSSR count). The van der Waals surface area contributed by atoms with Crippen LogP contribution in [-0.2, 0) is 19.4 Å². The molecule has 0 aliphatic heterocycles. The average molecular weight is 281 g/mol. The van der Waals surface area contributed by atoms with Crippen LogP contribution in [0, 0.1) is 10.1 Å². The molecule has 19 heavy (non-hydrogen) atoms. The number of aliphatic hydroxyl groups excluding tert-OH is 1. The highest BCUT2D eigenvalue weighted by Crippen LogP contribution is 2.27. The van der Waals surface area contributed by atoms with Crippen LogP contribution < -0.4 is 0 Å². The highest BCUT2D eigenvalue weighted by Gasteiger charge is 2.39. The zero-order valence-corrected chi connectivity index (χ0v) is 10.4. The highest BCUT2D eigenvalue weighted by atomic mass is 19.4. The van der Waals surface area contributed by atoms with E-state index in [2.05, 4.69) is 5.10 Å². The van der Waals surface area contributed by atoms with Crippen molar-refractivity contribution in [3.05, 3.63) is 21.5 Å². The summed E-state index contributed by atoms with van der Waals surface area (Å²) in [5.74, 6) is 0. The smallest absolute Gasteiger partial charge is 0.382 e. The van der Waals surface area contributed by atoms with Crippen molar-refractivity contribution in [1.29, 1.82) is 0 Å². The molecular formula is C10H14F3N3O3. The van der Waals surface area contributed by atoms with Crippen molar-refractivity contribution in [2.45, 2.75) is 45.5 Å². The Morgan fingerprint density at radius 1 is 1.42 bits per heavy atom. The number of aliphatic hydroxyl groups is 1. The molecular weight excluding hydrogens is 267 g/mol. The summed E-state index contributed by atoms with van der Waals surface area (Å²) in [5.41, 5.74) is -0.0549. The summed E-state index contributed by atoms with van der Waals surface area (Å²) in [6.07, 6.45) is -6.98. The minimum absolute atomic E-state index is 0.0881. The summed E-state index contributed by atoms with van der Waals surface area (Å²) in [4.78, 5) is 10.3. The lowest BCUT2D eigenvalue weighted by molar-refractivity contribution is -0.386. The second-order valence-corrected chi connectivity index (χ2v) is 3.95. The van der Waals surface area contributed by atoms with Crippen molar-refractivity contribution in [1.82, 2.24) is 9.78 Å². The van der Waals surface area contributed by atoms with Crippen LogP contribution >= 0.6 is 0 Å². The Labute approximate surface area is 107 Å².